The first-order valence-electron chi connectivity index (χ1n) is 9.56. The molecule has 154 valence electrons. The van der Waals surface area contributed by atoms with Crippen LogP contribution in [0.25, 0.3) is 0 Å². The molecule has 0 fully saturated rings. The van der Waals surface area contributed by atoms with Crippen molar-refractivity contribution in [1.82, 2.24) is 10.3 Å². The largest absolute Gasteiger partial charge is 0.352 e. The first kappa shape index (κ1) is 22.0. The molecule has 1 aliphatic heterocycles. The van der Waals surface area contributed by atoms with Crippen LogP contribution >= 0.6 is 23.4 Å². The van der Waals surface area contributed by atoms with Gasteiger partial charge in [-0.3, -0.25) is 14.8 Å². The zero-order valence-corrected chi connectivity index (χ0v) is 18.0. The van der Waals surface area contributed by atoms with E-state index in [1.54, 1.807) is 42.6 Å². The molecule has 1 amide bonds. The second-order valence-corrected chi connectivity index (χ2v) is 7.86. The lowest BCUT2D eigenvalue weighted by Crippen LogP contribution is -2.25. The molecule has 7 heteroatoms. The van der Waals surface area contributed by atoms with Crippen LogP contribution in [0.1, 0.15) is 31.0 Å². The lowest BCUT2D eigenvalue weighted by molar-refractivity contribution is -0.117. The number of carbonyl (C=O) groups is 1. The zero-order chi connectivity index (χ0) is 21.3. The lowest BCUT2D eigenvalue weighted by atomic mass is 10.1. The van der Waals surface area contributed by atoms with Gasteiger partial charge in [-0.15, -0.1) is 0 Å². The van der Waals surface area contributed by atoms with Gasteiger partial charge in [0.15, 0.2) is 0 Å². The fraction of sp³-hybridized carbons (Fsp3) is 0.174. The smallest absolute Gasteiger partial charge is 0.251 e. The number of amides is 1. The molecule has 1 N–H and O–H groups in total. The maximum Gasteiger partial charge on any atom is 0.251 e. The van der Waals surface area contributed by atoms with Crippen molar-refractivity contribution >= 4 is 35.0 Å². The van der Waals surface area contributed by atoms with Crippen molar-refractivity contribution < 1.29 is 9.18 Å². The van der Waals surface area contributed by atoms with E-state index in [0.717, 1.165) is 18.4 Å². The number of benzene rings is 1. The highest BCUT2D eigenvalue weighted by atomic mass is 35.5. The Bertz CT molecular complexity index is 1030. The molecule has 0 radical (unpaired) electrons. The first-order valence-corrected chi connectivity index (χ1v) is 10.8. The van der Waals surface area contributed by atoms with Crippen LogP contribution in [0.4, 0.5) is 4.39 Å². The molecule has 0 saturated heterocycles. The molecular formula is C23H21ClFN3OS. The number of fused-ring (bicyclic) bond motifs is 1. The molecule has 1 aromatic heterocycles. The van der Waals surface area contributed by atoms with Crippen LogP contribution in [0, 0.1) is 5.82 Å². The third kappa shape index (κ3) is 5.90. The molecule has 0 bridgehead atoms. The van der Waals surface area contributed by atoms with Crippen LogP contribution in [0.5, 0.6) is 0 Å². The summed E-state index contributed by atoms with van der Waals surface area (Å²) in [7, 11) is 0. The topological polar surface area (TPSA) is 54.4 Å². The van der Waals surface area contributed by atoms with Gasteiger partial charge < -0.3 is 5.32 Å². The van der Waals surface area contributed by atoms with Gasteiger partial charge in [-0.25, -0.2) is 4.39 Å². The van der Waals surface area contributed by atoms with E-state index in [1.165, 1.54) is 30.1 Å². The van der Waals surface area contributed by atoms with E-state index >= 15 is 0 Å². The number of halogens is 2. The number of rotatable bonds is 5. The number of aliphatic imine (C=N–C) groups is 1. The van der Waals surface area contributed by atoms with E-state index in [9.17, 15) is 9.18 Å². The van der Waals surface area contributed by atoms with Crippen LogP contribution < -0.4 is 5.32 Å². The highest BCUT2D eigenvalue weighted by Gasteiger charge is 2.14. The van der Waals surface area contributed by atoms with Crippen LogP contribution in [0.3, 0.4) is 0 Å². The molecule has 3 rings (SSSR count). The summed E-state index contributed by atoms with van der Waals surface area (Å²) in [6, 6.07) is 8.01. The normalized spacial score (nSPS) is 13.7. The van der Waals surface area contributed by atoms with E-state index in [4.69, 9.17) is 11.6 Å². The number of allylic oxidation sites excluding steroid dienone is 2. The van der Waals surface area contributed by atoms with Gasteiger partial charge in [0, 0.05) is 35.0 Å². The molecule has 1 aromatic carbocycles. The van der Waals surface area contributed by atoms with Crippen molar-refractivity contribution in [3.05, 3.63) is 94.0 Å². The summed E-state index contributed by atoms with van der Waals surface area (Å²) in [5, 5.41) is 5.22. The number of nitrogens with one attached hydrogen (secondary N) is 1. The molecule has 0 atom stereocenters. The van der Waals surface area contributed by atoms with Gasteiger partial charge >= 0.3 is 0 Å². The second-order valence-electron chi connectivity index (χ2n) is 6.47. The van der Waals surface area contributed by atoms with Crippen LogP contribution in [0.2, 0.25) is 5.02 Å². The highest BCUT2D eigenvalue weighted by Crippen LogP contribution is 2.28. The van der Waals surface area contributed by atoms with Crippen molar-refractivity contribution in [3.63, 3.8) is 0 Å². The highest BCUT2D eigenvalue weighted by molar-refractivity contribution is 8.02. The van der Waals surface area contributed by atoms with Gasteiger partial charge in [-0.1, -0.05) is 42.8 Å². The monoisotopic (exact) mass is 441 g/mol. The third-order valence-corrected chi connectivity index (χ3v) is 5.36. The van der Waals surface area contributed by atoms with Crippen molar-refractivity contribution in [2.24, 2.45) is 4.99 Å². The SMILES string of the molecule is CCCCNC(=O)C1=CC=CSc2cc(F)ccc2C(c2ccc(Cl)cn2)=NC=C1. The molecule has 2 aromatic rings. The number of unbranched alkanes of at least 4 members (excludes halogenated alkanes) is 1. The summed E-state index contributed by atoms with van der Waals surface area (Å²) in [5.74, 6) is -0.506. The predicted octanol–water partition coefficient (Wildman–Crippen LogP) is 5.69. The maximum absolute atomic E-state index is 13.9. The van der Waals surface area contributed by atoms with Crippen molar-refractivity contribution in [2.45, 2.75) is 24.7 Å². The summed E-state index contributed by atoms with van der Waals surface area (Å²) in [6.07, 6.45) is 10.2. The first-order chi connectivity index (χ1) is 14.6. The summed E-state index contributed by atoms with van der Waals surface area (Å²) < 4.78 is 13.9. The Labute approximate surface area is 184 Å². The standard InChI is InChI=1S/C23H21ClFN3OS/c1-2-3-11-27-23(29)16-5-4-13-30-21-14-18(25)7-8-19(21)22(26-12-10-16)20-9-6-17(24)15-28-20/h4-10,12-15H,2-3,11H2,1H3,(H,27,29). The van der Waals surface area contributed by atoms with Gasteiger partial charge in [0.25, 0.3) is 5.91 Å². The maximum atomic E-state index is 13.9. The molecule has 4 nitrogen and oxygen atoms in total. The minimum atomic E-state index is -0.338. The van der Waals surface area contributed by atoms with Crippen molar-refractivity contribution in [2.75, 3.05) is 6.54 Å². The van der Waals surface area contributed by atoms with E-state index in [-0.39, 0.29) is 11.7 Å². The number of pyridine rings is 1. The molecule has 2 heterocycles. The Balaban J connectivity index is 2.03. The summed E-state index contributed by atoms with van der Waals surface area (Å²) in [4.78, 5) is 22.1. The van der Waals surface area contributed by atoms with Gasteiger partial charge in [-0.2, -0.15) is 0 Å². The van der Waals surface area contributed by atoms with Crippen LogP contribution in [-0.4, -0.2) is 23.1 Å². The number of hydrogen-bond acceptors (Lipinski definition) is 4. The Morgan fingerprint density at radius 1 is 1.27 bits per heavy atom. The van der Waals surface area contributed by atoms with Gasteiger partial charge in [0.05, 0.1) is 16.4 Å². The zero-order valence-electron chi connectivity index (χ0n) is 16.4. The Hall–Kier alpha value is -2.70. The fourth-order valence-electron chi connectivity index (χ4n) is 2.71. The van der Waals surface area contributed by atoms with E-state index in [1.807, 2.05) is 5.41 Å². The van der Waals surface area contributed by atoms with E-state index in [2.05, 4.69) is 22.2 Å². The van der Waals surface area contributed by atoms with Gasteiger partial charge in [0.2, 0.25) is 0 Å². The molecule has 1 aliphatic rings. The fourth-order valence-corrected chi connectivity index (χ4v) is 3.60. The quantitative estimate of drug-likeness (QED) is 0.606. The number of nitrogens with zero attached hydrogens (tertiary/aromatic N) is 2. The number of hydrogen-bond donors (Lipinski definition) is 1. The lowest BCUT2D eigenvalue weighted by Gasteiger charge is -2.10. The Morgan fingerprint density at radius 2 is 2.13 bits per heavy atom. The molecule has 0 aliphatic carbocycles. The van der Waals surface area contributed by atoms with Crippen molar-refractivity contribution in [1.29, 1.82) is 0 Å². The minimum Gasteiger partial charge on any atom is -0.352 e. The van der Waals surface area contributed by atoms with Crippen molar-refractivity contribution in [3.8, 4) is 0 Å². The summed E-state index contributed by atoms with van der Waals surface area (Å²) in [6.45, 7) is 2.69. The van der Waals surface area contributed by atoms with Crippen LogP contribution in [0.15, 0.2) is 81.8 Å². The summed E-state index contributed by atoms with van der Waals surface area (Å²) >= 11 is 7.32. The average Bonchev–Trinajstić information content (AvgIpc) is 2.77. The predicted molar refractivity (Wildman–Crippen MR) is 121 cm³/mol. The Kier molecular flexibility index (Phi) is 7.99. The van der Waals surface area contributed by atoms with Crippen LogP contribution in [-0.2, 0) is 4.79 Å². The van der Waals surface area contributed by atoms with Gasteiger partial charge in [-0.05, 0) is 54.3 Å². The molecular weight excluding hydrogens is 421 g/mol. The number of carbonyl (C=O) groups excluding carboxylic acids is 1. The minimum absolute atomic E-state index is 0.168. The second kappa shape index (κ2) is 10.9. The average molecular weight is 442 g/mol. The Morgan fingerprint density at radius 3 is 2.90 bits per heavy atom. The third-order valence-electron chi connectivity index (χ3n) is 4.25. The molecule has 30 heavy (non-hydrogen) atoms. The summed E-state index contributed by atoms with van der Waals surface area (Å²) in [5.41, 5.74) is 2.37. The number of thioether (sulfide) groups is 1. The van der Waals surface area contributed by atoms with E-state index in [0.29, 0.717) is 33.4 Å². The molecule has 0 saturated carbocycles. The molecule has 0 unspecified atom stereocenters. The molecule has 0 spiro atoms. The van der Waals surface area contributed by atoms with E-state index < -0.39 is 0 Å². The van der Waals surface area contributed by atoms with Gasteiger partial charge in [0.1, 0.15) is 5.82 Å². The number of aromatic nitrogens is 1.